The third-order valence-corrected chi connectivity index (χ3v) is 7.43. The summed E-state index contributed by atoms with van der Waals surface area (Å²) in [5.41, 5.74) is 4.78. The van der Waals surface area contributed by atoms with Gasteiger partial charge >= 0.3 is 118 Å². The van der Waals surface area contributed by atoms with Gasteiger partial charge in [-0.05, 0) is 0 Å². The second-order valence-corrected chi connectivity index (χ2v) is 10.3. The Labute approximate surface area is 284 Å². The van der Waals surface area contributed by atoms with E-state index in [1.54, 1.807) is 0 Å². The molecule has 0 aliphatic carbocycles. The van der Waals surface area contributed by atoms with Crippen LogP contribution >= 0.6 is 23.5 Å². The molecular weight excluding hydrogens is 583 g/mol. The number of aliphatic hydroxyl groups is 1. The van der Waals surface area contributed by atoms with Crippen LogP contribution in [0, 0.1) is 0 Å². The minimum Gasteiger partial charge on any atom is -0.790 e. The maximum Gasteiger partial charge on any atom is 1.00 e. The third-order valence-electron chi connectivity index (χ3n) is 3.76. The molecule has 2 aromatic rings. The molecule has 5 atom stereocenters. The molecule has 1 aliphatic rings. The molecule has 1 fully saturated rings. The van der Waals surface area contributed by atoms with Crippen molar-refractivity contribution in [3.8, 4) is 0 Å². The van der Waals surface area contributed by atoms with Gasteiger partial charge < -0.3 is 44.2 Å². The molecule has 0 spiro atoms. The van der Waals surface area contributed by atoms with Gasteiger partial charge in [0.1, 0.15) is 12.3 Å². The SMILES string of the molecule is Nc1nc2c(ncn2[C@H]2C[C@H](O)[C@@H](COP(=O)([O-])OP(=O)([O-])OP(=O)([O-])[O-])O2)c(=O)[nH]1.[Na+].[Na+].[Na+].[Na+]. The molecule has 0 aromatic carbocycles. The number of rotatable bonds is 8. The summed E-state index contributed by atoms with van der Waals surface area (Å²) in [5, 5.41) is 10.1. The number of nitrogens with zero attached hydrogens (tertiary/aromatic N) is 3. The largest absolute Gasteiger partial charge is 1.00 e. The summed E-state index contributed by atoms with van der Waals surface area (Å²) in [6.07, 6.45) is -2.64. The number of hydrogen-bond acceptors (Lipinski definition) is 16. The molecule has 3 rings (SSSR count). The van der Waals surface area contributed by atoms with E-state index in [0.29, 0.717) is 0 Å². The summed E-state index contributed by atoms with van der Waals surface area (Å²) in [4.78, 5) is 65.1. The standard InChI is InChI=1S/C10H16N5O13P3.4Na/c11-10-13-8-7(9(17)14-10)12-3-15(8)6-1-4(16)5(26-6)2-25-30(21,22)28-31(23,24)27-29(18,19)20;;;;/h3-6,16H,1-2H2,(H,21,22)(H,23,24)(H2,18,19,20)(H3,11,13,14,17);;;;/q;4*+1/p-4/t4-,5+,6+;;;;/m0..../s1. The van der Waals surface area contributed by atoms with Crippen molar-refractivity contribution >= 4 is 40.6 Å². The average molecular weight is 595 g/mol. The quantitative estimate of drug-likeness (QED) is 0.189. The van der Waals surface area contributed by atoms with Crippen molar-refractivity contribution in [2.45, 2.75) is 24.9 Å². The van der Waals surface area contributed by atoms with Crippen LogP contribution in [0.25, 0.3) is 11.2 Å². The molecule has 0 bridgehead atoms. The molecule has 1 aliphatic heterocycles. The van der Waals surface area contributed by atoms with E-state index in [9.17, 15) is 43.2 Å². The van der Waals surface area contributed by atoms with E-state index >= 15 is 0 Å². The minimum absolute atomic E-state index is 0. The molecule has 2 aromatic heterocycles. The molecule has 4 N–H and O–H groups in total. The fourth-order valence-corrected chi connectivity index (χ4v) is 5.50. The van der Waals surface area contributed by atoms with Crippen LogP contribution in [-0.4, -0.2) is 43.4 Å². The van der Waals surface area contributed by atoms with Gasteiger partial charge in [-0.1, -0.05) is 0 Å². The van der Waals surface area contributed by atoms with E-state index < -0.39 is 54.1 Å². The molecule has 174 valence electrons. The van der Waals surface area contributed by atoms with E-state index in [1.807, 2.05) is 0 Å². The Morgan fingerprint density at radius 3 is 2.31 bits per heavy atom. The Morgan fingerprint density at radius 2 is 1.74 bits per heavy atom. The number of phosphoric ester groups is 1. The number of nitrogens with one attached hydrogen (secondary N) is 1. The van der Waals surface area contributed by atoms with Gasteiger partial charge in [-0.25, -0.2) is 9.29 Å². The first-order chi connectivity index (χ1) is 14.2. The number of nitrogens with two attached hydrogens (primary N) is 1. The Bertz CT molecular complexity index is 1190. The van der Waals surface area contributed by atoms with Gasteiger partial charge in [0, 0.05) is 6.42 Å². The van der Waals surface area contributed by atoms with Gasteiger partial charge in [0.15, 0.2) is 11.2 Å². The maximum absolute atomic E-state index is 11.8. The Kier molecular flexibility index (Phi) is 17.5. The Balaban J connectivity index is 0. The van der Waals surface area contributed by atoms with Gasteiger partial charge in [0.05, 0.1) is 26.9 Å². The van der Waals surface area contributed by atoms with Crippen LogP contribution in [0.4, 0.5) is 5.95 Å². The molecule has 0 amide bonds. The van der Waals surface area contributed by atoms with Crippen LogP contribution in [0.1, 0.15) is 12.6 Å². The number of ether oxygens (including phenoxy) is 1. The predicted octanol–water partition coefficient (Wildman–Crippen LogP) is -15.8. The summed E-state index contributed by atoms with van der Waals surface area (Å²) < 4.78 is 50.4. The summed E-state index contributed by atoms with van der Waals surface area (Å²) >= 11 is 0. The smallest absolute Gasteiger partial charge is 0.790 e. The van der Waals surface area contributed by atoms with Crippen molar-refractivity contribution in [3.05, 3.63) is 16.7 Å². The number of hydrogen-bond donors (Lipinski definition) is 3. The molecule has 3 heterocycles. The molecule has 0 saturated carbocycles. The number of anilines is 1. The monoisotopic (exact) mass is 595 g/mol. The summed E-state index contributed by atoms with van der Waals surface area (Å²) in [6.45, 7) is -0.965. The number of aliphatic hydroxyl groups excluding tert-OH is 1. The van der Waals surface area contributed by atoms with Crippen LogP contribution in [-0.2, 0) is 31.6 Å². The fourth-order valence-electron chi connectivity index (χ4n) is 2.64. The van der Waals surface area contributed by atoms with Gasteiger partial charge in [0.25, 0.3) is 21.2 Å². The summed E-state index contributed by atoms with van der Waals surface area (Å²) in [5.74, 6) is -0.216. The normalized spacial score (nSPS) is 23.1. The van der Waals surface area contributed by atoms with E-state index in [1.165, 1.54) is 10.9 Å². The van der Waals surface area contributed by atoms with Crippen molar-refractivity contribution < 1.29 is 174 Å². The number of H-pyrrole nitrogens is 1. The van der Waals surface area contributed by atoms with Crippen LogP contribution in [0.15, 0.2) is 11.1 Å². The first-order valence-corrected chi connectivity index (χ1v) is 12.3. The molecule has 35 heavy (non-hydrogen) atoms. The van der Waals surface area contributed by atoms with E-state index in [0.717, 1.165) is 0 Å². The predicted molar refractivity (Wildman–Crippen MR) is 88.0 cm³/mol. The molecular formula is C10H12N5Na4O13P3. The van der Waals surface area contributed by atoms with Crippen LogP contribution < -0.4 is 149 Å². The second-order valence-electron chi connectivity index (χ2n) is 6.01. The van der Waals surface area contributed by atoms with E-state index in [4.69, 9.17) is 10.5 Å². The molecule has 18 nitrogen and oxygen atoms in total. The van der Waals surface area contributed by atoms with Gasteiger partial charge in [0.2, 0.25) is 5.95 Å². The zero-order chi connectivity index (χ0) is 23.2. The molecule has 1 saturated heterocycles. The van der Waals surface area contributed by atoms with Crippen molar-refractivity contribution in [2.75, 3.05) is 12.3 Å². The van der Waals surface area contributed by atoms with Crippen LogP contribution in [0.3, 0.4) is 0 Å². The van der Waals surface area contributed by atoms with Crippen molar-refractivity contribution in [1.82, 2.24) is 19.5 Å². The fraction of sp³-hybridized carbons (Fsp3) is 0.500. The minimum atomic E-state index is -6.12. The van der Waals surface area contributed by atoms with E-state index in [2.05, 4.69) is 28.1 Å². The Hall–Kier alpha value is 2.48. The van der Waals surface area contributed by atoms with Crippen molar-refractivity contribution in [1.29, 1.82) is 0 Å². The van der Waals surface area contributed by atoms with Crippen molar-refractivity contribution in [3.63, 3.8) is 0 Å². The molecule has 2 unspecified atom stereocenters. The summed E-state index contributed by atoms with van der Waals surface area (Å²) in [6, 6.07) is 0. The van der Waals surface area contributed by atoms with Crippen LogP contribution in [0.2, 0.25) is 0 Å². The number of aromatic nitrogens is 4. The average Bonchev–Trinajstić information content (AvgIpc) is 3.13. The van der Waals surface area contributed by atoms with Gasteiger partial charge in [-0.15, -0.1) is 0 Å². The second kappa shape index (κ2) is 15.5. The zero-order valence-corrected chi connectivity index (χ0v) is 29.5. The van der Waals surface area contributed by atoms with Gasteiger partial charge in [-0.2, -0.15) is 4.98 Å². The van der Waals surface area contributed by atoms with Crippen molar-refractivity contribution in [2.24, 2.45) is 0 Å². The number of imidazole rings is 1. The number of aromatic amines is 1. The molecule has 0 radical (unpaired) electrons. The number of fused-ring (bicyclic) bond motifs is 1. The summed E-state index contributed by atoms with van der Waals surface area (Å²) in [7, 11) is -18.0. The van der Waals surface area contributed by atoms with E-state index in [-0.39, 0.29) is 142 Å². The molecule has 25 heteroatoms. The van der Waals surface area contributed by atoms with Crippen LogP contribution in [0.5, 0.6) is 0 Å². The number of phosphoric acid groups is 3. The number of nitrogen functional groups attached to an aromatic ring is 1. The first-order valence-electron chi connectivity index (χ1n) is 7.93. The maximum atomic E-state index is 11.8. The van der Waals surface area contributed by atoms with Gasteiger partial charge in [-0.3, -0.25) is 27.8 Å². The zero-order valence-electron chi connectivity index (χ0n) is 18.8. The third kappa shape index (κ3) is 11.5. The Morgan fingerprint density at radius 1 is 1.14 bits per heavy atom. The first kappa shape index (κ1) is 39.6. The topological polar surface area (TPSA) is 290 Å².